The highest BCUT2D eigenvalue weighted by atomic mass is 32.2. The fourth-order valence-electron chi connectivity index (χ4n) is 3.71. The molecule has 1 saturated heterocycles. The number of hydrogen-bond donors (Lipinski definition) is 1. The van der Waals surface area contributed by atoms with Crippen molar-refractivity contribution in [3.8, 4) is 0 Å². The van der Waals surface area contributed by atoms with E-state index in [-0.39, 0.29) is 16.9 Å². The summed E-state index contributed by atoms with van der Waals surface area (Å²) < 4.78 is 33.7. The molecule has 4 rings (SSSR count). The van der Waals surface area contributed by atoms with Crippen molar-refractivity contribution >= 4 is 27.3 Å². The number of amides is 1. The smallest absolute Gasteiger partial charge is 0.261 e. The summed E-state index contributed by atoms with van der Waals surface area (Å²) >= 11 is 0. The number of ether oxygens (including phenoxy) is 1. The third kappa shape index (κ3) is 3.52. The Morgan fingerprint density at radius 3 is 2.68 bits per heavy atom. The van der Waals surface area contributed by atoms with Crippen LogP contribution in [-0.2, 0) is 26.0 Å². The zero-order chi connectivity index (χ0) is 19.9. The highest BCUT2D eigenvalue weighted by Gasteiger charge is 2.33. The second-order valence-corrected chi connectivity index (χ2v) is 9.12. The number of fused-ring (bicyclic) bond motifs is 1. The molecule has 2 aliphatic heterocycles. The SMILES string of the molecule is Cc1ccc(S(=O)(=O)Nc2ccc3c(c2)N(C(=O)C2CCCO2)CC3)cc1C. The standard InChI is InChI=1S/C21H24N2O4S/c1-14-5-8-18(12-15(14)2)28(25,26)22-17-7-6-16-9-10-23(19(16)13-17)21(24)20-4-3-11-27-20/h5-8,12-13,20,22H,3-4,9-11H2,1-2H3. The molecule has 1 amide bonds. The summed E-state index contributed by atoms with van der Waals surface area (Å²) in [4.78, 5) is 14.7. The van der Waals surface area contributed by atoms with Crippen LogP contribution in [0.5, 0.6) is 0 Å². The van der Waals surface area contributed by atoms with Gasteiger partial charge in [0, 0.05) is 18.8 Å². The number of benzene rings is 2. The van der Waals surface area contributed by atoms with E-state index in [0.717, 1.165) is 41.6 Å². The molecule has 1 fully saturated rings. The van der Waals surface area contributed by atoms with Gasteiger partial charge in [-0.1, -0.05) is 12.1 Å². The van der Waals surface area contributed by atoms with Crippen LogP contribution in [0.4, 0.5) is 11.4 Å². The molecule has 148 valence electrons. The predicted octanol–water partition coefficient (Wildman–Crippen LogP) is 3.17. The van der Waals surface area contributed by atoms with Gasteiger partial charge in [0.15, 0.2) is 0 Å². The number of aryl methyl sites for hydroxylation is 2. The molecule has 0 aromatic heterocycles. The van der Waals surface area contributed by atoms with Crippen LogP contribution in [0.1, 0.15) is 29.5 Å². The molecular weight excluding hydrogens is 376 g/mol. The summed E-state index contributed by atoms with van der Waals surface area (Å²) in [6, 6.07) is 10.4. The molecule has 2 aromatic carbocycles. The number of sulfonamides is 1. The maximum absolute atomic E-state index is 12.8. The first kappa shape index (κ1) is 19.0. The lowest BCUT2D eigenvalue weighted by Gasteiger charge is -2.21. The maximum Gasteiger partial charge on any atom is 0.261 e. The van der Waals surface area contributed by atoms with Crippen molar-refractivity contribution < 1.29 is 17.9 Å². The van der Waals surface area contributed by atoms with Gasteiger partial charge < -0.3 is 9.64 Å². The van der Waals surface area contributed by atoms with Crippen LogP contribution < -0.4 is 9.62 Å². The Balaban J connectivity index is 1.59. The van der Waals surface area contributed by atoms with Crippen LogP contribution in [0.3, 0.4) is 0 Å². The number of carbonyl (C=O) groups is 1. The van der Waals surface area contributed by atoms with E-state index in [0.29, 0.717) is 18.8 Å². The first-order valence-electron chi connectivity index (χ1n) is 9.51. The van der Waals surface area contributed by atoms with Gasteiger partial charge in [0.1, 0.15) is 6.10 Å². The van der Waals surface area contributed by atoms with Crippen LogP contribution in [0.2, 0.25) is 0 Å². The Kier molecular flexibility index (Phi) is 4.89. The maximum atomic E-state index is 12.8. The van der Waals surface area contributed by atoms with E-state index in [2.05, 4.69) is 4.72 Å². The van der Waals surface area contributed by atoms with Gasteiger partial charge in [-0.15, -0.1) is 0 Å². The average molecular weight is 401 g/mol. The second kappa shape index (κ2) is 7.22. The Bertz CT molecular complexity index is 1030. The fourth-order valence-corrected chi connectivity index (χ4v) is 4.85. The topological polar surface area (TPSA) is 75.7 Å². The van der Waals surface area contributed by atoms with E-state index in [1.165, 1.54) is 0 Å². The minimum Gasteiger partial charge on any atom is -0.368 e. The van der Waals surface area contributed by atoms with Crippen molar-refractivity contribution in [3.63, 3.8) is 0 Å². The molecule has 1 atom stereocenters. The molecular formula is C21H24N2O4S. The number of rotatable bonds is 4. The van der Waals surface area contributed by atoms with Crippen LogP contribution >= 0.6 is 0 Å². The van der Waals surface area contributed by atoms with E-state index >= 15 is 0 Å². The van der Waals surface area contributed by atoms with Gasteiger partial charge in [0.2, 0.25) is 0 Å². The van der Waals surface area contributed by atoms with E-state index in [1.54, 1.807) is 35.2 Å². The highest BCUT2D eigenvalue weighted by molar-refractivity contribution is 7.92. The van der Waals surface area contributed by atoms with Gasteiger partial charge in [0.25, 0.3) is 15.9 Å². The second-order valence-electron chi connectivity index (χ2n) is 7.44. The molecule has 7 heteroatoms. The molecule has 1 unspecified atom stereocenters. The summed E-state index contributed by atoms with van der Waals surface area (Å²) in [5.41, 5.74) is 4.22. The van der Waals surface area contributed by atoms with Crippen molar-refractivity contribution in [3.05, 3.63) is 53.1 Å². The van der Waals surface area contributed by atoms with E-state index in [4.69, 9.17) is 4.74 Å². The molecule has 28 heavy (non-hydrogen) atoms. The predicted molar refractivity (Wildman–Crippen MR) is 108 cm³/mol. The molecule has 0 radical (unpaired) electrons. The van der Waals surface area contributed by atoms with Crippen molar-refractivity contribution in [1.82, 2.24) is 0 Å². The minimum atomic E-state index is -3.70. The molecule has 0 spiro atoms. The molecule has 0 bridgehead atoms. The molecule has 2 aromatic rings. The third-order valence-electron chi connectivity index (χ3n) is 5.49. The largest absolute Gasteiger partial charge is 0.368 e. The Hall–Kier alpha value is -2.38. The fraction of sp³-hybridized carbons (Fsp3) is 0.381. The molecule has 6 nitrogen and oxygen atoms in total. The van der Waals surface area contributed by atoms with Gasteiger partial charge in [-0.3, -0.25) is 9.52 Å². The zero-order valence-electron chi connectivity index (χ0n) is 16.1. The van der Waals surface area contributed by atoms with Gasteiger partial charge in [0.05, 0.1) is 10.6 Å². The third-order valence-corrected chi connectivity index (χ3v) is 6.87. The summed E-state index contributed by atoms with van der Waals surface area (Å²) in [5, 5.41) is 0. The quantitative estimate of drug-likeness (QED) is 0.855. The summed E-state index contributed by atoms with van der Waals surface area (Å²) in [6.07, 6.45) is 2.01. The molecule has 0 aliphatic carbocycles. The Morgan fingerprint density at radius 1 is 1.14 bits per heavy atom. The number of hydrogen-bond acceptors (Lipinski definition) is 4. The van der Waals surface area contributed by atoms with Crippen molar-refractivity contribution in [2.45, 2.75) is 44.1 Å². The first-order chi connectivity index (χ1) is 13.3. The monoisotopic (exact) mass is 400 g/mol. The van der Waals surface area contributed by atoms with Crippen LogP contribution in [0.15, 0.2) is 41.3 Å². The van der Waals surface area contributed by atoms with Gasteiger partial charge >= 0.3 is 0 Å². The average Bonchev–Trinajstić information content (AvgIpc) is 3.32. The van der Waals surface area contributed by atoms with Gasteiger partial charge in [-0.2, -0.15) is 0 Å². The van der Waals surface area contributed by atoms with Crippen molar-refractivity contribution in [1.29, 1.82) is 0 Å². The Morgan fingerprint density at radius 2 is 1.96 bits per heavy atom. The number of nitrogens with zero attached hydrogens (tertiary/aromatic N) is 1. The summed E-state index contributed by atoms with van der Waals surface area (Å²) in [5.74, 6) is -0.0367. The van der Waals surface area contributed by atoms with Crippen LogP contribution in [0, 0.1) is 13.8 Å². The van der Waals surface area contributed by atoms with Gasteiger partial charge in [-0.05, 0) is 74.1 Å². The lowest BCUT2D eigenvalue weighted by molar-refractivity contribution is -0.127. The van der Waals surface area contributed by atoms with E-state index < -0.39 is 10.0 Å². The first-order valence-corrected chi connectivity index (χ1v) is 11.0. The lowest BCUT2D eigenvalue weighted by Crippen LogP contribution is -2.37. The number of carbonyl (C=O) groups excluding carboxylic acids is 1. The highest BCUT2D eigenvalue weighted by Crippen LogP contribution is 2.33. The van der Waals surface area contributed by atoms with Gasteiger partial charge in [-0.25, -0.2) is 8.42 Å². The van der Waals surface area contributed by atoms with E-state index in [9.17, 15) is 13.2 Å². The molecule has 1 N–H and O–H groups in total. The number of anilines is 2. The normalized spacial score (nSPS) is 18.9. The lowest BCUT2D eigenvalue weighted by atomic mass is 10.1. The molecule has 0 saturated carbocycles. The summed E-state index contributed by atoms with van der Waals surface area (Å²) in [7, 11) is -3.70. The summed E-state index contributed by atoms with van der Waals surface area (Å²) in [6.45, 7) is 5.05. The Labute approximate surface area is 165 Å². The molecule has 2 aliphatic rings. The van der Waals surface area contributed by atoms with Crippen LogP contribution in [0.25, 0.3) is 0 Å². The number of nitrogens with one attached hydrogen (secondary N) is 1. The minimum absolute atomic E-state index is 0.0367. The van der Waals surface area contributed by atoms with E-state index in [1.807, 2.05) is 19.9 Å². The van der Waals surface area contributed by atoms with Crippen LogP contribution in [-0.4, -0.2) is 33.6 Å². The molecule has 2 heterocycles. The van der Waals surface area contributed by atoms with Crippen molar-refractivity contribution in [2.75, 3.05) is 22.8 Å². The zero-order valence-corrected chi connectivity index (χ0v) is 16.9. The van der Waals surface area contributed by atoms with Crippen molar-refractivity contribution in [2.24, 2.45) is 0 Å².